The maximum Gasteiger partial charge on any atom is 3.00 e. The summed E-state index contributed by atoms with van der Waals surface area (Å²) in [6.07, 6.45) is 8.36. The summed E-state index contributed by atoms with van der Waals surface area (Å²) in [7, 11) is -1.08. The molecule has 1 atom stereocenters. The van der Waals surface area contributed by atoms with E-state index in [4.69, 9.17) is 4.42 Å². The molecular formula is C32H37Cl2OSiZr. The number of halogens is 2. The molecule has 1 nitrogen and oxygen atoms in total. The zero-order valence-corrected chi connectivity index (χ0v) is 27.6. The summed E-state index contributed by atoms with van der Waals surface area (Å²) in [6.45, 7) is 11.6. The molecule has 1 unspecified atom stereocenters. The molecule has 1 aliphatic carbocycles. The van der Waals surface area contributed by atoms with Gasteiger partial charge in [0.1, 0.15) is 5.76 Å². The average molecular weight is 628 g/mol. The van der Waals surface area contributed by atoms with Crippen molar-refractivity contribution in [2.75, 3.05) is 0 Å². The molecule has 2 bridgehead atoms. The van der Waals surface area contributed by atoms with Crippen molar-refractivity contribution in [1.82, 2.24) is 0 Å². The fourth-order valence-electron chi connectivity index (χ4n) is 6.34. The Morgan fingerprint density at radius 1 is 0.892 bits per heavy atom. The summed E-state index contributed by atoms with van der Waals surface area (Å²) in [5.41, 5.74) is 9.20. The minimum absolute atomic E-state index is 0. The third kappa shape index (κ3) is 6.01. The van der Waals surface area contributed by atoms with Gasteiger partial charge in [0.15, 0.2) is 0 Å². The quantitative estimate of drug-likeness (QED) is 0.181. The molecule has 0 saturated carbocycles. The largest absolute Gasteiger partial charge is 3.00 e. The molecule has 1 radical (unpaired) electrons. The van der Waals surface area contributed by atoms with E-state index in [1.165, 1.54) is 76.5 Å². The first-order valence-electron chi connectivity index (χ1n) is 13.0. The molecule has 0 amide bonds. The van der Waals surface area contributed by atoms with E-state index in [1.807, 2.05) is 6.26 Å². The fraction of sp³-hybridized carbons (Fsp3) is 0.344. The van der Waals surface area contributed by atoms with Crippen LogP contribution < -0.4 is 24.8 Å². The van der Waals surface area contributed by atoms with E-state index in [0.717, 1.165) is 0 Å². The third-order valence-corrected chi connectivity index (χ3v) is 12.0. The fourth-order valence-corrected chi connectivity index (χ4v) is 10.6. The van der Waals surface area contributed by atoms with Crippen molar-refractivity contribution in [3.63, 3.8) is 0 Å². The minimum Gasteiger partial charge on any atom is -1.00 e. The van der Waals surface area contributed by atoms with Gasteiger partial charge in [0.2, 0.25) is 0 Å². The number of benzene rings is 2. The Morgan fingerprint density at radius 2 is 1.62 bits per heavy atom. The zero-order valence-electron chi connectivity index (χ0n) is 22.6. The van der Waals surface area contributed by atoms with Crippen LogP contribution in [0, 0.1) is 6.92 Å². The molecule has 3 aliphatic rings. The number of hydrogen-bond acceptors (Lipinski definition) is 1. The van der Waals surface area contributed by atoms with Crippen molar-refractivity contribution in [1.29, 1.82) is 0 Å². The summed E-state index contributed by atoms with van der Waals surface area (Å²) >= 11 is 0. The maximum absolute atomic E-state index is 5.53. The van der Waals surface area contributed by atoms with Crippen LogP contribution in [-0.2, 0) is 32.6 Å². The molecule has 0 fully saturated rings. The van der Waals surface area contributed by atoms with Gasteiger partial charge in [-0.05, 0) is 42.2 Å². The van der Waals surface area contributed by atoms with Crippen molar-refractivity contribution in [3.05, 3.63) is 95.0 Å². The molecule has 3 heterocycles. The van der Waals surface area contributed by atoms with Crippen LogP contribution in [-0.4, -0.2) is 8.07 Å². The van der Waals surface area contributed by atoms with Crippen LogP contribution >= 0.6 is 0 Å². The smallest absolute Gasteiger partial charge is 1.00 e. The van der Waals surface area contributed by atoms with Gasteiger partial charge in [-0.3, -0.25) is 0 Å². The second kappa shape index (κ2) is 13.2. The van der Waals surface area contributed by atoms with Gasteiger partial charge in [-0.2, -0.15) is 6.07 Å². The van der Waals surface area contributed by atoms with Crippen molar-refractivity contribution >= 4 is 24.0 Å². The van der Waals surface area contributed by atoms with Gasteiger partial charge < -0.3 is 29.2 Å². The third-order valence-electron chi connectivity index (χ3n) is 7.90. The summed E-state index contributed by atoms with van der Waals surface area (Å²) in [4.78, 5) is 0. The van der Waals surface area contributed by atoms with Crippen LogP contribution in [0.2, 0.25) is 13.1 Å². The second-order valence-electron chi connectivity index (χ2n) is 10.8. The van der Waals surface area contributed by atoms with Crippen LogP contribution in [0.25, 0.3) is 27.1 Å². The molecular weight excluding hydrogens is 591 g/mol. The van der Waals surface area contributed by atoms with Gasteiger partial charge in [0.05, 0.1) is 14.3 Å². The van der Waals surface area contributed by atoms with Gasteiger partial charge in [-0.1, -0.05) is 87.7 Å². The monoisotopic (exact) mass is 625 g/mol. The molecule has 37 heavy (non-hydrogen) atoms. The number of unbranched alkanes of at least 4 members (excludes halogenated alkanes) is 3. The van der Waals surface area contributed by atoms with E-state index in [2.05, 4.69) is 94.5 Å². The molecule has 0 saturated heterocycles. The number of rotatable bonds is 6. The summed E-state index contributed by atoms with van der Waals surface area (Å²) in [5, 5.41) is 4.38. The molecule has 0 spiro atoms. The first-order chi connectivity index (χ1) is 16.4. The van der Waals surface area contributed by atoms with Crippen molar-refractivity contribution in [2.24, 2.45) is 0 Å². The van der Waals surface area contributed by atoms with Crippen LogP contribution in [0.5, 0.6) is 0 Å². The van der Waals surface area contributed by atoms with Crippen molar-refractivity contribution in [3.8, 4) is 11.1 Å². The van der Waals surface area contributed by atoms with Crippen LogP contribution in [0.3, 0.4) is 0 Å². The molecule has 7 rings (SSSR count). The summed E-state index contributed by atoms with van der Waals surface area (Å²) in [5.74, 6) is 1.26. The Bertz CT molecular complexity index is 1350. The first kappa shape index (κ1) is 32.0. The van der Waals surface area contributed by atoms with Gasteiger partial charge in [-0.15, -0.1) is 34.5 Å². The predicted molar refractivity (Wildman–Crippen MR) is 149 cm³/mol. The summed E-state index contributed by atoms with van der Waals surface area (Å²) in [6, 6.07) is 22.5. The van der Waals surface area contributed by atoms with Crippen LogP contribution in [0.4, 0.5) is 0 Å². The van der Waals surface area contributed by atoms with Crippen molar-refractivity contribution < 1.29 is 55.4 Å². The van der Waals surface area contributed by atoms with E-state index in [9.17, 15) is 0 Å². The van der Waals surface area contributed by atoms with Gasteiger partial charge in [0.25, 0.3) is 0 Å². The Morgan fingerprint density at radius 3 is 2.27 bits per heavy atom. The number of hydrogen-bond donors (Lipinski definition) is 0. The number of furan rings is 1. The van der Waals surface area contributed by atoms with E-state index >= 15 is 0 Å². The molecule has 1 aromatic heterocycles. The van der Waals surface area contributed by atoms with Gasteiger partial charge in [-0.25, -0.2) is 0 Å². The van der Waals surface area contributed by atoms with Crippen LogP contribution in [0.1, 0.15) is 67.5 Å². The summed E-state index contributed by atoms with van der Waals surface area (Å²) < 4.78 is 5.53. The normalized spacial score (nSPS) is 16.0. The predicted octanol–water partition coefficient (Wildman–Crippen LogP) is 3.61. The molecule has 5 heteroatoms. The molecule has 193 valence electrons. The number of allylic oxidation sites excluding steroid dienone is 1. The van der Waals surface area contributed by atoms with Gasteiger partial charge in [0, 0.05) is 11.1 Å². The number of fused-ring (bicyclic) bond motifs is 1. The van der Waals surface area contributed by atoms with E-state index in [1.54, 1.807) is 10.8 Å². The van der Waals surface area contributed by atoms with E-state index in [0.29, 0.717) is 5.54 Å². The standard InChI is InChI=1S/C22H25.C10H12OSi.2ClH.Zr/c1-3-4-5-6-8-18-11-13-19(14-12-18)21-10-7-9-20-15-17(2)16-22(20)21;1-6-9-7-4-5-11-8(7)10(6)12(9,2)3;;;/h7,9-16H,3-6,8H2,1-2H3;4-5,10H,1-3H3;2*1H;/q-1;;;;+3/p-2. The van der Waals surface area contributed by atoms with Crippen molar-refractivity contribution in [2.45, 2.75) is 71.5 Å². The Labute approximate surface area is 255 Å². The molecule has 2 aliphatic heterocycles. The van der Waals surface area contributed by atoms with Gasteiger partial charge >= 0.3 is 26.2 Å². The maximum atomic E-state index is 5.53. The first-order valence-corrected chi connectivity index (χ1v) is 16.0. The number of aryl methyl sites for hydroxylation is 2. The Kier molecular flexibility index (Phi) is 11.4. The molecule has 0 N–H and O–H groups in total. The molecule has 3 aromatic carbocycles. The topological polar surface area (TPSA) is 13.1 Å². The Hall–Kier alpha value is -1.25. The Balaban J connectivity index is 0.000000274. The second-order valence-corrected chi connectivity index (χ2v) is 15.3. The van der Waals surface area contributed by atoms with E-state index < -0.39 is 8.07 Å². The van der Waals surface area contributed by atoms with E-state index in [-0.39, 0.29) is 51.0 Å². The average Bonchev–Trinajstić information content (AvgIpc) is 3.53. The zero-order chi connectivity index (χ0) is 23.9. The van der Waals surface area contributed by atoms with Crippen LogP contribution in [0.15, 0.2) is 76.9 Å². The minimum atomic E-state index is -1.08. The molecule has 4 aromatic rings. The SMILES string of the molecule is CC1=C2c3ccoc3C1[Si]2(C)C.CCCCCCc1ccc(-c2cccc3[cH-]c(C)cc23)cc1.[Cl-].[Cl-].[Zr+3].